The van der Waals surface area contributed by atoms with E-state index in [1.54, 1.807) is 4.90 Å². The number of likely N-dealkylation sites (N-methyl/N-ethyl adjacent to an activating group) is 1. The zero-order valence-corrected chi connectivity index (χ0v) is 17.2. The lowest BCUT2D eigenvalue weighted by molar-refractivity contribution is -0.138. The summed E-state index contributed by atoms with van der Waals surface area (Å²) < 4.78 is 57.8. The predicted molar refractivity (Wildman–Crippen MR) is 107 cm³/mol. The number of rotatable bonds is 5. The number of nitrogens with zero attached hydrogens (tertiary/aromatic N) is 4. The molecule has 0 saturated carbocycles. The Bertz CT molecular complexity index is 746. The van der Waals surface area contributed by atoms with Crippen molar-refractivity contribution >= 4 is 5.82 Å². The molecule has 0 radical (unpaired) electrons. The molecule has 30 heavy (non-hydrogen) atoms. The van der Waals surface area contributed by atoms with Crippen LogP contribution in [-0.4, -0.2) is 79.9 Å². The van der Waals surface area contributed by atoms with Crippen molar-refractivity contribution < 1.29 is 22.3 Å². The number of halogens is 4. The predicted octanol–water partition coefficient (Wildman–Crippen LogP) is 2.87. The van der Waals surface area contributed by atoms with Gasteiger partial charge >= 0.3 is 6.18 Å². The topological polar surface area (TPSA) is 31.8 Å². The summed E-state index contributed by atoms with van der Waals surface area (Å²) in [6, 6.07) is 0.503. The molecule has 9 heteroatoms. The standard InChI is InChI=1S/C21H28F4N4O/c1-2-27-10-12-28(13-11-27)7-3-4-14-30-18-5-8-29(9-6-18)20-19(22)15-17(16-26-20)21(23,24)25/h15-16,18H,2,5-14H2,1H3. The molecule has 0 atom stereocenters. The summed E-state index contributed by atoms with van der Waals surface area (Å²) in [5.74, 6) is 5.23. The zero-order valence-electron chi connectivity index (χ0n) is 17.2. The Kier molecular flexibility index (Phi) is 7.92. The molecule has 0 aliphatic carbocycles. The van der Waals surface area contributed by atoms with Crippen molar-refractivity contribution in [1.29, 1.82) is 0 Å². The van der Waals surface area contributed by atoms with E-state index in [1.165, 1.54) is 0 Å². The molecular weight excluding hydrogens is 400 g/mol. The summed E-state index contributed by atoms with van der Waals surface area (Å²) in [4.78, 5) is 10.1. The maximum atomic E-state index is 14.1. The van der Waals surface area contributed by atoms with Crippen molar-refractivity contribution in [3.63, 3.8) is 0 Å². The van der Waals surface area contributed by atoms with Crippen LogP contribution in [0.5, 0.6) is 0 Å². The van der Waals surface area contributed by atoms with E-state index in [9.17, 15) is 17.6 Å². The van der Waals surface area contributed by atoms with Crippen LogP contribution in [0.1, 0.15) is 25.3 Å². The first-order valence-corrected chi connectivity index (χ1v) is 10.4. The van der Waals surface area contributed by atoms with Gasteiger partial charge in [-0.2, -0.15) is 13.2 Å². The summed E-state index contributed by atoms with van der Waals surface area (Å²) in [6.07, 6.45) is -2.59. The number of pyridine rings is 1. The maximum Gasteiger partial charge on any atom is 0.417 e. The molecular formula is C21H28F4N4O. The van der Waals surface area contributed by atoms with Gasteiger partial charge in [-0.25, -0.2) is 9.37 Å². The SMILES string of the molecule is CCN1CCN(CC#CCOC2CCN(c3ncc(C(F)(F)F)cc3F)CC2)CC1. The van der Waals surface area contributed by atoms with E-state index in [2.05, 4.69) is 33.5 Å². The lowest BCUT2D eigenvalue weighted by atomic mass is 10.1. The third kappa shape index (κ3) is 6.30. The molecule has 1 aromatic heterocycles. The van der Waals surface area contributed by atoms with Gasteiger partial charge in [0.15, 0.2) is 11.6 Å². The first-order valence-electron chi connectivity index (χ1n) is 10.4. The van der Waals surface area contributed by atoms with Crippen molar-refractivity contribution in [2.75, 3.05) is 63.9 Å². The third-order valence-electron chi connectivity index (χ3n) is 5.62. The maximum absolute atomic E-state index is 14.1. The molecule has 2 saturated heterocycles. The minimum atomic E-state index is -4.60. The Morgan fingerprint density at radius 2 is 1.73 bits per heavy atom. The summed E-state index contributed by atoms with van der Waals surface area (Å²) >= 11 is 0. The molecule has 3 heterocycles. The van der Waals surface area contributed by atoms with Crippen LogP contribution in [0.3, 0.4) is 0 Å². The van der Waals surface area contributed by atoms with Crippen LogP contribution in [0.4, 0.5) is 23.4 Å². The molecule has 0 spiro atoms. The van der Waals surface area contributed by atoms with E-state index >= 15 is 0 Å². The molecule has 0 unspecified atom stereocenters. The minimum Gasteiger partial charge on any atom is -0.365 e. The van der Waals surface area contributed by atoms with Gasteiger partial charge < -0.3 is 14.5 Å². The van der Waals surface area contributed by atoms with Gasteiger partial charge in [-0.05, 0) is 25.5 Å². The summed E-state index contributed by atoms with van der Waals surface area (Å²) in [5.41, 5.74) is -1.08. The van der Waals surface area contributed by atoms with Gasteiger partial charge in [-0.15, -0.1) is 0 Å². The van der Waals surface area contributed by atoms with Crippen molar-refractivity contribution in [2.24, 2.45) is 0 Å². The van der Waals surface area contributed by atoms with Crippen LogP contribution in [0, 0.1) is 17.7 Å². The van der Waals surface area contributed by atoms with Gasteiger partial charge in [0.25, 0.3) is 0 Å². The molecule has 3 rings (SSSR count). The smallest absolute Gasteiger partial charge is 0.365 e. The minimum absolute atomic E-state index is 0.0150. The lowest BCUT2D eigenvalue weighted by Crippen LogP contribution is -2.46. The monoisotopic (exact) mass is 428 g/mol. The Labute approximate surface area is 175 Å². The van der Waals surface area contributed by atoms with Crippen LogP contribution in [0.25, 0.3) is 0 Å². The highest BCUT2D eigenvalue weighted by molar-refractivity contribution is 5.42. The summed E-state index contributed by atoms with van der Waals surface area (Å²) in [6.45, 7) is 9.58. The molecule has 1 aromatic rings. The summed E-state index contributed by atoms with van der Waals surface area (Å²) in [5, 5.41) is 0. The number of alkyl halides is 3. The number of hydrogen-bond acceptors (Lipinski definition) is 5. The number of ether oxygens (including phenoxy) is 1. The second kappa shape index (κ2) is 10.4. The van der Waals surface area contributed by atoms with E-state index in [1.807, 2.05) is 0 Å². The average molecular weight is 428 g/mol. The van der Waals surface area contributed by atoms with Crippen molar-refractivity contribution in [3.05, 3.63) is 23.6 Å². The van der Waals surface area contributed by atoms with Crippen LogP contribution in [-0.2, 0) is 10.9 Å². The number of piperazine rings is 1. The van der Waals surface area contributed by atoms with E-state index in [-0.39, 0.29) is 11.9 Å². The van der Waals surface area contributed by atoms with Crippen LogP contribution >= 0.6 is 0 Å². The molecule has 0 bridgehead atoms. The number of hydrogen-bond donors (Lipinski definition) is 0. The molecule has 5 nitrogen and oxygen atoms in total. The first kappa shape index (κ1) is 22.8. The normalized spacial score (nSPS) is 19.6. The zero-order chi connectivity index (χ0) is 21.6. The van der Waals surface area contributed by atoms with Gasteiger partial charge in [0.1, 0.15) is 6.61 Å². The molecule has 2 fully saturated rings. The van der Waals surface area contributed by atoms with E-state index in [0.717, 1.165) is 39.3 Å². The van der Waals surface area contributed by atoms with Crippen molar-refractivity contribution in [3.8, 4) is 11.8 Å². The molecule has 0 aromatic carbocycles. The lowest BCUT2D eigenvalue weighted by Gasteiger charge is -2.33. The second-order valence-corrected chi connectivity index (χ2v) is 7.59. The van der Waals surface area contributed by atoms with Gasteiger partial charge in [0.2, 0.25) is 0 Å². The number of aromatic nitrogens is 1. The third-order valence-corrected chi connectivity index (χ3v) is 5.62. The van der Waals surface area contributed by atoms with E-state index in [4.69, 9.17) is 4.74 Å². The van der Waals surface area contributed by atoms with Gasteiger partial charge in [0.05, 0.1) is 18.2 Å². The number of piperidine rings is 1. The van der Waals surface area contributed by atoms with E-state index < -0.39 is 17.6 Å². The number of anilines is 1. The Balaban J connectivity index is 1.37. The highest BCUT2D eigenvalue weighted by Gasteiger charge is 2.33. The molecule has 0 N–H and O–H groups in total. The Hall–Kier alpha value is -1.89. The Morgan fingerprint density at radius 1 is 1.07 bits per heavy atom. The quantitative estimate of drug-likeness (QED) is 0.532. The average Bonchev–Trinajstić information content (AvgIpc) is 2.74. The van der Waals surface area contributed by atoms with Gasteiger partial charge in [-0.3, -0.25) is 4.90 Å². The fourth-order valence-corrected chi connectivity index (χ4v) is 3.69. The fourth-order valence-electron chi connectivity index (χ4n) is 3.69. The van der Waals surface area contributed by atoms with Gasteiger partial charge in [-0.1, -0.05) is 18.8 Å². The van der Waals surface area contributed by atoms with Crippen LogP contribution in [0.15, 0.2) is 12.3 Å². The van der Waals surface area contributed by atoms with Crippen molar-refractivity contribution in [2.45, 2.75) is 32.0 Å². The molecule has 166 valence electrons. The second-order valence-electron chi connectivity index (χ2n) is 7.59. The Morgan fingerprint density at radius 3 is 2.33 bits per heavy atom. The highest BCUT2D eigenvalue weighted by atomic mass is 19.4. The van der Waals surface area contributed by atoms with Gasteiger partial charge in [0, 0.05) is 45.5 Å². The van der Waals surface area contributed by atoms with Crippen LogP contribution in [0.2, 0.25) is 0 Å². The fraction of sp³-hybridized carbons (Fsp3) is 0.667. The highest BCUT2D eigenvalue weighted by Crippen LogP contribution is 2.31. The molecule has 0 amide bonds. The largest absolute Gasteiger partial charge is 0.417 e. The van der Waals surface area contributed by atoms with E-state index in [0.29, 0.717) is 44.8 Å². The van der Waals surface area contributed by atoms with Crippen molar-refractivity contribution in [1.82, 2.24) is 14.8 Å². The molecule has 2 aliphatic heterocycles. The first-order chi connectivity index (χ1) is 14.4. The summed E-state index contributed by atoms with van der Waals surface area (Å²) in [7, 11) is 0. The van der Waals surface area contributed by atoms with Crippen LogP contribution < -0.4 is 4.90 Å². The molecule has 2 aliphatic rings.